The number of hydrogen-bond acceptors (Lipinski definition) is 4. The van der Waals surface area contributed by atoms with Crippen LogP contribution in [0.1, 0.15) is 12.0 Å². The molecule has 0 heterocycles. The Balaban J connectivity index is 1.87. The van der Waals surface area contributed by atoms with E-state index in [-0.39, 0.29) is 19.0 Å². The number of aliphatic carboxylic acids is 1. The number of para-hydroxylation sites is 2. The molecule has 26 heavy (non-hydrogen) atoms. The second-order valence-electron chi connectivity index (χ2n) is 5.62. The smallest absolute Gasteiger partial charge is 0.317 e. The third kappa shape index (κ3) is 5.70. The maximum absolute atomic E-state index is 11.9. The van der Waals surface area contributed by atoms with Gasteiger partial charge in [-0.3, -0.25) is 4.79 Å². The van der Waals surface area contributed by atoms with Crippen molar-refractivity contribution in [3.8, 4) is 17.2 Å². The number of carbonyl (C=O) groups is 2. The number of carbonyl (C=O) groups excluding carboxylic acids is 1. The van der Waals surface area contributed by atoms with Gasteiger partial charge in [-0.05, 0) is 29.8 Å². The first-order valence-electron chi connectivity index (χ1n) is 8.10. The molecule has 0 unspecified atom stereocenters. The molecule has 0 saturated carbocycles. The van der Waals surface area contributed by atoms with Crippen LogP contribution in [-0.2, 0) is 11.3 Å². The van der Waals surface area contributed by atoms with Gasteiger partial charge in [-0.25, -0.2) is 4.79 Å². The van der Waals surface area contributed by atoms with Gasteiger partial charge in [0.2, 0.25) is 0 Å². The molecule has 2 rings (SSSR count). The maximum Gasteiger partial charge on any atom is 0.317 e. The van der Waals surface area contributed by atoms with Gasteiger partial charge >= 0.3 is 12.0 Å². The molecule has 0 fully saturated rings. The third-order valence-electron chi connectivity index (χ3n) is 3.67. The molecule has 2 amide bonds. The topological polar surface area (TPSA) is 88.1 Å². The Labute approximate surface area is 152 Å². The highest BCUT2D eigenvalue weighted by molar-refractivity contribution is 5.75. The molecule has 0 saturated heterocycles. The number of rotatable bonds is 8. The molecule has 0 atom stereocenters. The highest BCUT2D eigenvalue weighted by Crippen LogP contribution is 2.30. The molecular formula is C19H22N2O5. The predicted octanol–water partition coefficient (Wildman–Crippen LogP) is 3.10. The lowest BCUT2D eigenvalue weighted by Gasteiger charge is -2.17. The largest absolute Gasteiger partial charge is 0.493 e. The summed E-state index contributed by atoms with van der Waals surface area (Å²) in [5, 5.41) is 11.4. The molecule has 0 aliphatic carbocycles. The van der Waals surface area contributed by atoms with E-state index in [0.29, 0.717) is 23.8 Å². The fraction of sp³-hybridized carbons (Fsp3) is 0.263. The Hall–Kier alpha value is -3.22. The average Bonchev–Trinajstić information content (AvgIpc) is 2.65. The summed E-state index contributed by atoms with van der Waals surface area (Å²) in [6.07, 6.45) is -0.0844. The fourth-order valence-electron chi connectivity index (χ4n) is 2.18. The minimum atomic E-state index is -0.935. The van der Waals surface area contributed by atoms with Crippen molar-refractivity contribution in [3.63, 3.8) is 0 Å². The quantitative estimate of drug-likeness (QED) is 0.757. The van der Waals surface area contributed by atoms with Crippen molar-refractivity contribution in [1.29, 1.82) is 0 Å². The first-order chi connectivity index (χ1) is 12.5. The highest BCUT2D eigenvalue weighted by atomic mass is 16.5. The van der Waals surface area contributed by atoms with E-state index >= 15 is 0 Å². The third-order valence-corrected chi connectivity index (χ3v) is 3.67. The number of benzene rings is 2. The number of nitrogens with one attached hydrogen (secondary N) is 1. The van der Waals surface area contributed by atoms with Crippen LogP contribution < -0.4 is 14.8 Å². The predicted molar refractivity (Wildman–Crippen MR) is 96.6 cm³/mol. The zero-order chi connectivity index (χ0) is 18.9. The van der Waals surface area contributed by atoms with E-state index in [1.165, 1.54) is 4.90 Å². The standard InChI is InChI=1S/C19H22N2O5/c1-21(12-11-18(22)23)19(24)20-13-14-7-9-15(10-8-14)26-17-6-4-3-5-16(17)25-2/h3-10H,11-13H2,1-2H3,(H,20,24)(H,22,23). The molecule has 138 valence electrons. The van der Waals surface area contributed by atoms with Gasteiger partial charge in [0.1, 0.15) is 5.75 Å². The fourth-order valence-corrected chi connectivity index (χ4v) is 2.18. The Bertz CT molecular complexity index is 746. The van der Waals surface area contributed by atoms with E-state index in [9.17, 15) is 9.59 Å². The van der Waals surface area contributed by atoms with E-state index in [1.807, 2.05) is 48.5 Å². The lowest BCUT2D eigenvalue weighted by molar-refractivity contribution is -0.137. The molecular weight excluding hydrogens is 336 g/mol. The van der Waals surface area contributed by atoms with Crippen molar-refractivity contribution in [3.05, 3.63) is 54.1 Å². The van der Waals surface area contributed by atoms with Crippen LogP contribution in [0.3, 0.4) is 0 Å². The van der Waals surface area contributed by atoms with Crippen molar-refractivity contribution < 1.29 is 24.2 Å². The van der Waals surface area contributed by atoms with Crippen molar-refractivity contribution >= 4 is 12.0 Å². The molecule has 0 aliphatic rings. The number of carboxylic acid groups (broad SMARTS) is 1. The Morgan fingerprint density at radius 3 is 2.35 bits per heavy atom. The Morgan fingerprint density at radius 1 is 1.08 bits per heavy atom. The van der Waals surface area contributed by atoms with Gasteiger partial charge in [-0.2, -0.15) is 0 Å². The molecule has 2 aromatic rings. The molecule has 0 spiro atoms. The maximum atomic E-state index is 11.9. The van der Waals surface area contributed by atoms with E-state index in [0.717, 1.165) is 5.56 Å². The SMILES string of the molecule is COc1ccccc1Oc1ccc(CNC(=O)N(C)CCC(=O)O)cc1. The Morgan fingerprint density at radius 2 is 1.73 bits per heavy atom. The monoisotopic (exact) mass is 358 g/mol. The summed E-state index contributed by atoms with van der Waals surface area (Å²) < 4.78 is 11.0. The lowest BCUT2D eigenvalue weighted by atomic mass is 10.2. The van der Waals surface area contributed by atoms with Gasteiger partial charge < -0.3 is 24.8 Å². The number of ether oxygens (including phenoxy) is 2. The number of hydrogen-bond donors (Lipinski definition) is 2. The second kappa shape index (κ2) is 9.31. The lowest BCUT2D eigenvalue weighted by Crippen LogP contribution is -2.37. The van der Waals surface area contributed by atoms with Crippen LogP contribution in [0.4, 0.5) is 4.79 Å². The van der Waals surface area contributed by atoms with E-state index < -0.39 is 5.97 Å². The summed E-state index contributed by atoms with van der Waals surface area (Å²) in [4.78, 5) is 23.8. The molecule has 0 aliphatic heterocycles. The van der Waals surface area contributed by atoms with Crippen molar-refractivity contribution in [2.24, 2.45) is 0 Å². The van der Waals surface area contributed by atoms with Crippen molar-refractivity contribution in [2.45, 2.75) is 13.0 Å². The number of urea groups is 1. The number of methoxy groups -OCH3 is 1. The van der Waals surface area contributed by atoms with E-state index in [1.54, 1.807) is 14.2 Å². The van der Waals surface area contributed by atoms with Crippen LogP contribution >= 0.6 is 0 Å². The second-order valence-corrected chi connectivity index (χ2v) is 5.62. The van der Waals surface area contributed by atoms with Gasteiger partial charge in [0.15, 0.2) is 11.5 Å². The summed E-state index contributed by atoms with van der Waals surface area (Å²) in [7, 11) is 3.14. The van der Waals surface area contributed by atoms with Crippen LogP contribution in [0.2, 0.25) is 0 Å². The van der Waals surface area contributed by atoms with Crippen molar-refractivity contribution in [2.75, 3.05) is 20.7 Å². The first kappa shape index (κ1) is 19.1. The van der Waals surface area contributed by atoms with Gasteiger partial charge in [0.25, 0.3) is 0 Å². The van der Waals surface area contributed by atoms with Gasteiger partial charge in [-0.1, -0.05) is 24.3 Å². The molecule has 7 heteroatoms. The minimum absolute atomic E-state index is 0.0844. The molecule has 7 nitrogen and oxygen atoms in total. The van der Waals surface area contributed by atoms with Crippen molar-refractivity contribution in [1.82, 2.24) is 10.2 Å². The summed E-state index contributed by atoms with van der Waals surface area (Å²) in [5.41, 5.74) is 0.900. The number of nitrogens with zero attached hydrogens (tertiary/aromatic N) is 1. The molecule has 2 aromatic carbocycles. The summed E-state index contributed by atoms with van der Waals surface area (Å²) >= 11 is 0. The first-order valence-corrected chi connectivity index (χ1v) is 8.10. The average molecular weight is 358 g/mol. The number of carboxylic acids is 1. The normalized spacial score (nSPS) is 10.1. The van der Waals surface area contributed by atoms with Crippen LogP contribution in [0.15, 0.2) is 48.5 Å². The summed E-state index contributed by atoms with van der Waals surface area (Å²) in [6, 6.07) is 14.4. The van der Waals surface area contributed by atoms with Gasteiger partial charge in [-0.15, -0.1) is 0 Å². The molecule has 2 N–H and O–H groups in total. The van der Waals surface area contributed by atoms with E-state index in [2.05, 4.69) is 5.32 Å². The summed E-state index contributed by atoms with van der Waals surface area (Å²) in [5.74, 6) is 0.989. The van der Waals surface area contributed by atoms with Crippen LogP contribution in [0.5, 0.6) is 17.2 Å². The van der Waals surface area contributed by atoms with Crippen LogP contribution in [0.25, 0.3) is 0 Å². The zero-order valence-corrected chi connectivity index (χ0v) is 14.8. The van der Waals surface area contributed by atoms with Crippen LogP contribution in [-0.4, -0.2) is 42.7 Å². The molecule has 0 radical (unpaired) electrons. The molecule has 0 aromatic heterocycles. The Kier molecular flexibility index (Phi) is 6.84. The van der Waals surface area contributed by atoms with Gasteiger partial charge in [0, 0.05) is 20.1 Å². The summed E-state index contributed by atoms with van der Waals surface area (Å²) in [6.45, 7) is 0.498. The highest BCUT2D eigenvalue weighted by Gasteiger charge is 2.10. The van der Waals surface area contributed by atoms with Crippen LogP contribution in [0, 0.1) is 0 Å². The van der Waals surface area contributed by atoms with E-state index in [4.69, 9.17) is 14.6 Å². The zero-order valence-electron chi connectivity index (χ0n) is 14.8. The number of amides is 2. The minimum Gasteiger partial charge on any atom is -0.493 e. The molecule has 0 bridgehead atoms. The van der Waals surface area contributed by atoms with Gasteiger partial charge in [0.05, 0.1) is 13.5 Å².